The van der Waals surface area contributed by atoms with E-state index in [1.165, 1.54) is 42.7 Å². The first-order valence-corrected chi connectivity index (χ1v) is 10.1. The van der Waals surface area contributed by atoms with Crippen LogP contribution in [0.3, 0.4) is 0 Å². The number of rotatable bonds is 5. The highest BCUT2D eigenvalue weighted by atomic mass is 32.2. The Morgan fingerprint density at radius 3 is 2.96 bits per heavy atom. The van der Waals surface area contributed by atoms with Gasteiger partial charge < -0.3 is 5.32 Å². The lowest BCUT2D eigenvalue weighted by atomic mass is 10.2. The second-order valence-corrected chi connectivity index (χ2v) is 8.08. The number of fused-ring (bicyclic) bond motifs is 1. The third-order valence-electron chi connectivity index (χ3n) is 4.98. The van der Waals surface area contributed by atoms with Gasteiger partial charge in [0.25, 0.3) is 0 Å². The Morgan fingerprint density at radius 2 is 2.12 bits per heavy atom. The molecular weight excluding hydrogens is 316 g/mol. The first kappa shape index (κ1) is 15.9. The second-order valence-electron chi connectivity index (χ2n) is 6.57. The zero-order valence-corrected chi connectivity index (χ0v) is 15.0. The molecule has 2 aromatic heterocycles. The Labute approximate surface area is 147 Å². The maximum Gasteiger partial charge on any atom is 0.180 e. The smallest absolute Gasteiger partial charge is 0.180 e. The Morgan fingerprint density at radius 1 is 1.17 bits per heavy atom. The summed E-state index contributed by atoms with van der Waals surface area (Å²) in [5, 5.41) is 4.50. The first-order chi connectivity index (χ1) is 11.8. The Hall–Kier alpha value is -1.62. The molecule has 0 spiro atoms. The van der Waals surface area contributed by atoms with Crippen molar-refractivity contribution in [2.24, 2.45) is 0 Å². The third-order valence-corrected chi connectivity index (χ3v) is 6.31. The summed E-state index contributed by atoms with van der Waals surface area (Å²) in [4.78, 5) is 14.1. The third kappa shape index (κ3) is 3.14. The maximum atomic E-state index is 4.88. The zero-order chi connectivity index (χ0) is 16.4. The fraction of sp³-hybridized carbons (Fsp3) is 0.526. The summed E-state index contributed by atoms with van der Waals surface area (Å²) in [6, 6.07) is 6.45. The lowest BCUT2D eigenvalue weighted by Gasteiger charge is -2.22. The molecule has 0 aromatic carbocycles. The zero-order valence-electron chi connectivity index (χ0n) is 14.2. The van der Waals surface area contributed by atoms with Crippen LogP contribution in [-0.4, -0.2) is 32.0 Å². The van der Waals surface area contributed by atoms with E-state index in [0.717, 1.165) is 30.2 Å². The lowest BCUT2D eigenvalue weighted by Crippen LogP contribution is -2.27. The van der Waals surface area contributed by atoms with Crippen LogP contribution in [-0.2, 0) is 12.8 Å². The van der Waals surface area contributed by atoms with Gasteiger partial charge in [-0.1, -0.05) is 19.4 Å². The number of thioether (sulfide) groups is 1. The van der Waals surface area contributed by atoms with Crippen LogP contribution in [0.4, 0.5) is 5.82 Å². The molecule has 2 atom stereocenters. The summed E-state index contributed by atoms with van der Waals surface area (Å²) in [6.45, 7) is 2.25. The average Bonchev–Trinajstić information content (AvgIpc) is 3.25. The van der Waals surface area contributed by atoms with E-state index in [1.807, 2.05) is 24.4 Å². The van der Waals surface area contributed by atoms with Crippen molar-refractivity contribution in [1.29, 1.82) is 0 Å². The molecule has 1 N–H and O–H groups in total. The first-order valence-electron chi connectivity index (χ1n) is 9.04. The summed E-state index contributed by atoms with van der Waals surface area (Å²) in [7, 11) is 0. The second kappa shape index (κ2) is 7.09. The minimum Gasteiger partial charge on any atom is -0.366 e. The van der Waals surface area contributed by atoms with Gasteiger partial charge in [-0.25, -0.2) is 9.97 Å². The number of nitrogens with one attached hydrogen (secondary N) is 1. The van der Waals surface area contributed by atoms with Crippen LogP contribution < -0.4 is 5.32 Å². The molecule has 5 heteroatoms. The quantitative estimate of drug-likeness (QED) is 0.887. The molecule has 1 saturated carbocycles. The fourth-order valence-corrected chi connectivity index (χ4v) is 5.04. The molecular formula is C19H24N4S. The summed E-state index contributed by atoms with van der Waals surface area (Å²) < 4.78 is 0. The highest BCUT2D eigenvalue weighted by Crippen LogP contribution is 2.35. The largest absolute Gasteiger partial charge is 0.366 e. The van der Waals surface area contributed by atoms with Crippen molar-refractivity contribution < 1.29 is 0 Å². The molecule has 4 nitrogen and oxygen atoms in total. The number of nitrogens with zero attached hydrogens (tertiary/aromatic N) is 3. The minimum absolute atomic E-state index is 0.533. The number of hydrogen-bond acceptors (Lipinski definition) is 5. The van der Waals surface area contributed by atoms with Crippen molar-refractivity contribution in [3.05, 3.63) is 35.7 Å². The number of hydrogen-bond donors (Lipinski definition) is 1. The van der Waals surface area contributed by atoms with E-state index in [9.17, 15) is 0 Å². The van der Waals surface area contributed by atoms with Gasteiger partial charge in [-0.05, 0) is 50.0 Å². The number of aryl methyl sites for hydroxylation is 1. The van der Waals surface area contributed by atoms with Crippen LogP contribution in [0, 0.1) is 0 Å². The van der Waals surface area contributed by atoms with Gasteiger partial charge >= 0.3 is 0 Å². The molecule has 2 aromatic rings. The molecule has 1 fully saturated rings. The van der Waals surface area contributed by atoms with Crippen LogP contribution in [0.2, 0.25) is 0 Å². The molecule has 2 aliphatic carbocycles. The minimum atomic E-state index is 0.533. The average molecular weight is 340 g/mol. The molecule has 0 amide bonds. The van der Waals surface area contributed by atoms with E-state index in [-0.39, 0.29) is 0 Å². The molecule has 126 valence electrons. The van der Waals surface area contributed by atoms with E-state index in [4.69, 9.17) is 9.97 Å². The summed E-state index contributed by atoms with van der Waals surface area (Å²) in [6.07, 6.45) is 9.02. The molecule has 2 unspecified atom stereocenters. The van der Waals surface area contributed by atoms with Gasteiger partial charge in [-0.15, -0.1) is 0 Å². The standard InChI is InChI=1S/C19H24N4S/c1-2-24-17-11-6-10-15(17)22-18-13-7-5-9-14(13)21-19(23-18)16-8-3-4-12-20-16/h3-4,8,12,15,17H,2,5-7,9-11H2,1H3,(H,21,22,23). The van der Waals surface area contributed by atoms with Crippen molar-refractivity contribution >= 4 is 17.6 Å². The molecule has 0 radical (unpaired) electrons. The van der Waals surface area contributed by atoms with Crippen LogP contribution in [0.5, 0.6) is 0 Å². The van der Waals surface area contributed by atoms with Gasteiger partial charge in [0, 0.05) is 28.7 Å². The number of aromatic nitrogens is 3. The van der Waals surface area contributed by atoms with Crippen molar-refractivity contribution in [2.45, 2.75) is 56.7 Å². The normalized spacial score (nSPS) is 22.5. The van der Waals surface area contributed by atoms with Gasteiger partial charge in [0.2, 0.25) is 0 Å². The highest BCUT2D eigenvalue weighted by Gasteiger charge is 2.29. The van der Waals surface area contributed by atoms with Gasteiger partial charge in [-0.2, -0.15) is 11.8 Å². The van der Waals surface area contributed by atoms with Gasteiger partial charge in [0.1, 0.15) is 11.5 Å². The predicted molar refractivity (Wildman–Crippen MR) is 100 cm³/mol. The van der Waals surface area contributed by atoms with Crippen LogP contribution in [0.1, 0.15) is 43.9 Å². The molecule has 0 saturated heterocycles. The van der Waals surface area contributed by atoms with Gasteiger partial charge in [0.15, 0.2) is 5.82 Å². The van der Waals surface area contributed by atoms with Gasteiger partial charge in [0.05, 0.1) is 0 Å². The van der Waals surface area contributed by atoms with E-state index < -0.39 is 0 Å². The SMILES string of the molecule is CCSC1CCCC1Nc1nc(-c2ccccn2)nc2c1CCC2. The van der Waals surface area contributed by atoms with Crippen molar-refractivity contribution in [3.8, 4) is 11.5 Å². The van der Waals surface area contributed by atoms with E-state index in [0.29, 0.717) is 11.3 Å². The molecule has 2 aliphatic rings. The predicted octanol–water partition coefficient (Wildman–Crippen LogP) is 4.11. The molecule has 2 heterocycles. The van der Waals surface area contributed by atoms with Crippen molar-refractivity contribution in [1.82, 2.24) is 15.0 Å². The summed E-state index contributed by atoms with van der Waals surface area (Å²) in [5.74, 6) is 3.01. The number of pyridine rings is 1. The molecule has 24 heavy (non-hydrogen) atoms. The van der Waals surface area contributed by atoms with E-state index in [1.54, 1.807) is 0 Å². The van der Waals surface area contributed by atoms with E-state index in [2.05, 4.69) is 29.0 Å². The molecule has 0 aliphatic heterocycles. The summed E-state index contributed by atoms with van der Waals surface area (Å²) >= 11 is 2.08. The van der Waals surface area contributed by atoms with Crippen LogP contribution >= 0.6 is 11.8 Å². The van der Waals surface area contributed by atoms with Gasteiger partial charge in [-0.3, -0.25) is 4.98 Å². The van der Waals surface area contributed by atoms with Crippen LogP contribution in [0.25, 0.3) is 11.5 Å². The van der Waals surface area contributed by atoms with Crippen LogP contribution in [0.15, 0.2) is 24.4 Å². The lowest BCUT2D eigenvalue weighted by molar-refractivity contribution is 0.759. The maximum absolute atomic E-state index is 4.88. The summed E-state index contributed by atoms with van der Waals surface area (Å²) in [5.41, 5.74) is 3.41. The van der Waals surface area contributed by atoms with Crippen molar-refractivity contribution in [2.75, 3.05) is 11.1 Å². The van der Waals surface area contributed by atoms with Crippen molar-refractivity contribution in [3.63, 3.8) is 0 Å². The monoisotopic (exact) mass is 340 g/mol. The Kier molecular flexibility index (Phi) is 4.69. The Balaban J connectivity index is 1.66. The fourth-order valence-electron chi connectivity index (χ4n) is 3.84. The highest BCUT2D eigenvalue weighted by molar-refractivity contribution is 7.99. The number of anilines is 1. The molecule has 4 rings (SSSR count). The Bertz CT molecular complexity index is 704. The molecule has 0 bridgehead atoms. The van der Waals surface area contributed by atoms with E-state index >= 15 is 0 Å². The topological polar surface area (TPSA) is 50.7 Å².